The number of aromatic nitrogens is 1. The molecule has 5 aromatic rings. The maximum Gasteiger partial charge on any atom is 0.326 e. The van der Waals surface area contributed by atoms with E-state index < -0.39 is 35.6 Å². The van der Waals surface area contributed by atoms with Gasteiger partial charge in [-0.25, -0.2) is 9.59 Å². The topological polar surface area (TPSA) is 139 Å². The molecule has 322 valence electrons. The zero-order valence-corrected chi connectivity index (χ0v) is 36.5. The molecule has 3 amide bonds. The lowest BCUT2D eigenvalue weighted by Crippen LogP contribution is -2.60. The molecule has 1 aliphatic carbocycles. The third-order valence-corrected chi connectivity index (χ3v) is 13.1. The number of aryl methyl sites for hydroxylation is 1. The summed E-state index contributed by atoms with van der Waals surface area (Å²) in [5.74, 6) is 0.0573. The Kier molecular flexibility index (Phi) is 12.7. The molecule has 1 saturated carbocycles. The minimum atomic E-state index is -1.22. The Morgan fingerprint density at radius 1 is 0.903 bits per heavy atom. The van der Waals surface area contributed by atoms with Crippen LogP contribution in [0.5, 0.6) is 17.2 Å². The highest BCUT2D eigenvalue weighted by Gasteiger charge is 2.40. The maximum atomic E-state index is 14.3. The van der Waals surface area contributed by atoms with Crippen molar-refractivity contribution in [2.45, 2.75) is 103 Å². The van der Waals surface area contributed by atoms with E-state index in [4.69, 9.17) is 37.4 Å². The molecule has 62 heavy (non-hydrogen) atoms. The number of carboxylic acid groups (broad SMARTS) is 1. The van der Waals surface area contributed by atoms with Crippen LogP contribution in [0.4, 0.5) is 4.79 Å². The minimum Gasteiger partial charge on any atom is -0.489 e. The number of hydrogen-bond donors (Lipinski definition) is 3. The number of aliphatic carboxylic acids is 1. The molecule has 13 heteroatoms. The van der Waals surface area contributed by atoms with Crippen molar-refractivity contribution in [3.05, 3.63) is 140 Å². The van der Waals surface area contributed by atoms with E-state index in [2.05, 4.69) is 22.5 Å². The normalized spacial score (nSPS) is 18.2. The minimum absolute atomic E-state index is 0.0671. The molecule has 3 aliphatic rings. The number of hydrogen-bond acceptors (Lipinski definition) is 7. The van der Waals surface area contributed by atoms with Gasteiger partial charge in [-0.15, -0.1) is 0 Å². The summed E-state index contributed by atoms with van der Waals surface area (Å²) in [5, 5.41) is 17.3. The third kappa shape index (κ3) is 9.64. The molecule has 1 fully saturated rings. The van der Waals surface area contributed by atoms with Crippen LogP contribution in [0.2, 0.25) is 10.0 Å². The molecule has 1 aromatic heterocycles. The highest BCUT2D eigenvalue weighted by Crippen LogP contribution is 2.41. The Morgan fingerprint density at radius 3 is 2.35 bits per heavy atom. The van der Waals surface area contributed by atoms with Gasteiger partial charge in [0.05, 0.1) is 10.0 Å². The monoisotopic (exact) mass is 876 g/mol. The van der Waals surface area contributed by atoms with Crippen molar-refractivity contribution >= 4 is 41.1 Å². The number of fused-ring (bicyclic) bond motifs is 2. The molecule has 3 unspecified atom stereocenters. The molecule has 2 aliphatic heterocycles. The Labute approximate surface area is 371 Å². The molecule has 11 nitrogen and oxygen atoms in total. The number of halogens is 2. The van der Waals surface area contributed by atoms with Crippen LogP contribution in [0.25, 0.3) is 11.1 Å². The summed E-state index contributed by atoms with van der Waals surface area (Å²) in [6, 6.07) is 23.9. The molecule has 8 rings (SSSR count). The molecule has 0 spiro atoms. The molecule has 3 heterocycles. The number of amides is 3. The van der Waals surface area contributed by atoms with Gasteiger partial charge >= 0.3 is 12.0 Å². The number of nitrogens with one attached hydrogen (secondary N) is 2. The number of rotatable bonds is 11. The van der Waals surface area contributed by atoms with E-state index >= 15 is 0 Å². The number of carbonyl (C=O) groups excluding carboxylic acids is 2. The Bertz CT molecular complexity index is 2470. The number of carboxylic acids is 1. The second-order valence-electron chi connectivity index (χ2n) is 16.9. The van der Waals surface area contributed by atoms with Gasteiger partial charge in [0.2, 0.25) is 5.91 Å². The lowest BCUT2D eigenvalue weighted by Gasteiger charge is -2.41. The van der Waals surface area contributed by atoms with Crippen LogP contribution >= 0.6 is 23.2 Å². The van der Waals surface area contributed by atoms with Gasteiger partial charge in [0.15, 0.2) is 17.6 Å². The van der Waals surface area contributed by atoms with Crippen molar-refractivity contribution in [2.75, 3.05) is 6.61 Å². The summed E-state index contributed by atoms with van der Waals surface area (Å²) >= 11 is 12.2. The first kappa shape index (κ1) is 42.9. The predicted molar refractivity (Wildman–Crippen MR) is 238 cm³/mol. The molecule has 0 bridgehead atoms. The van der Waals surface area contributed by atoms with Gasteiger partial charge < -0.3 is 34.9 Å². The van der Waals surface area contributed by atoms with Gasteiger partial charge in [-0.1, -0.05) is 84.9 Å². The first-order valence-corrected chi connectivity index (χ1v) is 21.8. The van der Waals surface area contributed by atoms with E-state index in [9.17, 15) is 19.5 Å². The fourth-order valence-electron chi connectivity index (χ4n) is 8.60. The van der Waals surface area contributed by atoms with Crippen molar-refractivity contribution in [2.24, 2.45) is 0 Å². The van der Waals surface area contributed by atoms with Gasteiger partial charge in [0, 0.05) is 36.8 Å². The zero-order chi connectivity index (χ0) is 43.5. The molecular weight excluding hydrogens is 827 g/mol. The third-order valence-electron chi connectivity index (χ3n) is 12.4. The molecule has 3 atom stereocenters. The SMILES string of the molecule is Cc1nccc(-c2ccc(CC(NC(=O)C3Cc4cc5c(cc4CN3C(=O)NC3(C)CCCCC3)OC(c3ccc(OCc4ccc(Cl)c(Cl)c4)cc3)CO5)C(=O)O)cc2)c1C. The number of nitrogens with zero attached hydrogens (tertiary/aromatic N) is 2. The second kappa shape index (κ2) is 18.3. The fraction of sp³-hybridized carbons (Fsp3) is 0.347. The lowest BCUT2D eigenvalue weighted by molar-refractivity contribution is -0.142. The van der Waals surface area contributed by atoms with Crippen molar-refractivity contribution in [1.82, 2.24) is 20.5 Å². The number of benzene rings is 4. The first-order valence-electron chi connectivity index (χ1n) is 21.1. The largest absolute Gasteiger partial charge is 0.489 e. The van der Waals surface area contributed by atoms with Crippen LogP contribution in [0, 0.1) is 13.8 Å². The molecule has 4 aromatic carbocycles. The second-order valence-corrected chi connectivity index (χ2v) is 17.7. The summed E-state index contributed by atoms with van der Waals surface area (Å²) in [6.45, 7) is 6.75. The van der Waals surface area contributed by atoms with Crippen LogP contribution in [-0.2, 0) is 35.6 Å². The Morgan fingerprint density at radius 2 is 1.63 bits per heavy atom. The van der Waals surface area contributed by atoms with Gasteiger partial charge in [-0.3, -0.25) is 9.78 Å². The zero-order valence-electron chi connectivity index (χ0n) is 35.0. The van der Waals surface area contributed by atoms with Crippen molar-refractivity contribution in [1.29, 1.82) is 0 Å². The Balaban J connectivity index is 0.981. The van der Waals surface area contributed by atoms with Crippen molar-refractivity contribution < 1.29 is 33.7 Å². The van der Waals surface area contributed by atoms with Crippen LogP contribution in [-0.4, -0.2) is 57.1 Å². The van der Waals surface area contributed by atoms with E-state index in [1.165, 1.54) is 4.90 Å². The van der Waals surface area contributed by atoms with E-state index in [1.807, 2.05) is 86.6 Å². The van der Waals surface area contributed by atoms with Crippen LogP contribution < -0.4 is 24.8 Å². The quantitative estimate of drug-likeness (QED) is 0.119. The Hall–Kier alpha value is -5.78. The molecule has 0 saturated heterocycles. The van der Waals surface area contributed by atoms with E-state index in [0.717, 1.165) is 82.3 Å². The number of ether oxygens (including phenoxy) is 3. The molecule has 3 N–H and O–H groups in total. The van der Waals surface area contributed by atoms with E-state index in [0.29, 0.717) is 33.9 Å². The van der Waals surface area contributed by atoms with Crippen LogP contribution in [0.3, 0.4) is 0 Å². The van der Waals surface area contributed by atoms with E-state index in [1.54, 1.807) is 18.3 Å². The van der Waals surface area contributed by atoms with Crippen molar-refractivity contribution in [3.63, 3.8) is 0 Å². The first-order chi connectivity index (χ1) is 29.8. The number of pyridine rings is 1. The summed E-state index contributed by atoms with van der Waals surface area (Å²) in [5.41, 5.74) is 7.85. The maximum absolute atomic E-state index is 14.3. The molecule has 0 radical (unpaired) electrons. The standard InChI is InChI=1S/C49H50Cl2N4O7/c1-29-30(2)52-20-17-38(29)33-10-7-31(8-11-33)22-41(47(57)58)53-46(56)42-23-35-24-43-44(25-36(35)26-55(42)48(59)54-49(3)18-5-4-6-19-49)62-45(28-61-43)34-12-14-37(15-13-34)60-27-32-9-16-39(50)40(51)21-32/h7-17,20-21,24-25,41-42,45H,4-6,18-19,22-23,26-28H2,1-3H3,(H,53,56)(H,54,59)(H,57,58). The van der Waals surface area contributed by atoms with Crippen LogP contribution in [0.15, 0.2) is 91.1 Å². The number of carbonyl (C=O) groups is 3. The smallest absolute Gasteiger partial charge is 0.326 e. The summed E-state index contributed by atoms with van der Waals surface area (Å²) in [6.07, 6.45) is 6.41. The predicted octanol–water partition coefficient (Wildman–Crippen LogP) is 9.73. The van der Waals surface area contributed by atoms with Gasteiger partial charge in [0.25, 0.3) is 0 Å². The van der Waals surface area contributed by atoms with Gasteiger partial charge in [-0.05, 0) is 121 Å². The van der Waals surface area contributed by atoms with Gasteiger partial charge in [-0.2, -0.15) is 0 Å². The van der Waals surface area contributed by atoms with Crippen molar-refractivity contribution in [3.8, 4) is 28.4 Å². The van der Waals surface area contributed by atoms with E-state index in [-0.39, 0.29) is 32.0 Å². The summed E-state index contributed by atoms with van der Waals surface area (Å²) < 4.78 is 18.7. The van der Waals surface area contributed by atoms with Gasteiger partial charge in [0.1, 0.15) is 31.0 Å². The fourth-order valence-corrected chi connectivity index (χ4v) is 8.92. The average Bonchev–Trinajstić information content (AvgIpc) is 3.26. The summed E-state index contributed by atoms with van der Waals surface area (Å²) in [4.78, 5) is 47.1. The lowest BCUT2D eigenvalue weighted by atomic mass is 9.83. The highest BCUT2D eigenvalue weighted by atomic mass is 35.5. The van der Waals surface area contributed by atoms with Crippen LogP contribution in [0.1, 0.15) is 84.2 Å². The summed E-state index contributed by atoms with van der Waals surface area (Å²) in [7, 11) is 0. The highest BCUT2D eigenvalue weighted by molar-refractivity contribution is 6.42. The average molecular weight is 878 g/mol. The molecular formula is C49H50Cl2N4O7. The number of urea groups is 1.